The number of oxazole rings is 2. The van der Waals surface area contributed by atoms with Crippen LogP contribution < -0.4 is 20.2 Å². The summed E-state index contributed by atoms with van der Waals surface area (Å²) in [5.74, 6) is 4.31. The van der Waals surface area contributed by atoms with E-state index in [1.807, 2.05) is 48.5 Å². The molecule has 0 spiro atoms. The normalized spacial score (nSPS) is 15.6. The van der Waals surface area contributed by atoms with E-state index in [4.69, 9.17) is 51.5 Å². The second kappa shape index (κ2) is 26.0. The van der Waals surface area contributed by atoms with Crippen LogP contribution in [0.5, 0.6) is 11.5 Å². The molecule has 0 fully saturated rings. The Bertz CT molecular complexity index is 3550. The molecule has 10 nitrogen and oxygen atoms in total. The summed E-state index contributed by atoms with van der Waals surface area (Å²) in [7, 11) is 0. The number of aromatic amines is 2. The summed E-state index contributed by atoms with van der Waals surface area (Å²) in [6.07, 6.45) is 8.86. The number of nitrogens with one attached hydrogen (secondary N) is 2. The molecule has 0 saturated heterocycles. The van der Waals surface area contributed by atoms with Crippen LogP contribution >= 0.6 is 23.2 Å². The van der Waals surface area contributed by atoms with Crippen LogP contribution in [0.3, 0.4) is 0 Å². The summed E-state index contributed by atoms with van der Waals surface area (Å²) in [4.78, 5) is 17.2. The smallest absolute Gasteiger partial charge is 0.240 e. The SMILES string of the molecule is CC(CCC(COc1cccc(-c2[nH]/c(=C(/C#N)c3nc4cc(Cl)ccc4o3)c3c(-c4cccc(OCC(CCC(C)CC(C)(C)C)C(C)CC(C)(C)C)c4)[nH]/c(=C(/C#N)c4nc5cc(Cl)ccc5o4)c23)c1)C(C)CC(C)(C)C)CC(C)(C)C. The maximum absolute atomic E-state index is 11.4. The number of fused-ring (bicyclic) bond motifs is 3. The van der Waals surface area contributed by atoms with Crippen LogP contribution in [0.25, 0.3) is 66.6 Å². The van der Waals surface area contributed by atoms with Crippen LogP contribution in [-0.2, 0) is 0 Å². The van der Waals surface area contributed by atoms with Gasteiger partial charge >= 0.3 is 0 Å². The van der Waals surface area contributed by atoms with Crippen molar-refractivity contribution in [2.45, 2.75) is 162 Å². The minimum Gasteiger partial charge on any atom is -0.493 e. The quantitative estimate of drug-likeness (QED) is 0.0681. The Morgan fingerprint density at radius 2 is 0.881 bits per heavy atom. The molecular formula is C72H90Cl2N6O4. The molecule has 84 heavy (non-hydrogen) atoms. The van der Waals surface area contributed by atoms with Gasteiger partial charge in [0.05, 0.1) is 35.3 Å². The summed E-state index contributed by atoms with van der Waals surface area (Å²) < 4.78 is 26.6. The first-order chi connectivity index (χ1) is 39.4. The van der Waals surface area contributed by atoms with E-state index in [0.717, 1.165) is 62.5 Å². The highest BCUT2D eigenvalue weighted by molar-refractivity contribution is 6.31. The zero-order valence-corrected chi connectivity index (χ0v) is 54.3. The first kappa shape index (κ1) is 63.6. The summed E-state index contributed by atoms with van der Waals surface area (Å²) in [5, 5.41) is 25.9. The van der Waals surface area contributed by atoms with E-state index in [1.165, 1.54) is 0 Å². The Morgan fingerprint density at radius 3 is 1.23 bits per heavy atom. The molecule has 0 aliphatic carbocycles. The Balaban J connectivity index is 1.32. The number of hydrogen-bond donors (Lipinski definition) is 2. The number of benzene rings is 4. The highest BCUT2D eigenvalue weighted by Gasteiger charge is 2.30. The number of rotatable bonds is 22. The van der Waals surface area contributed by atoms with E-state index in [2.05, 4.69) is 133 Å². The minimum absolute atomic E-state index is 0.104. The lowest BCUT2D eigenvalue weighted by Gasteiger charge is -2.31. The van der Waals surface area contributed by atoms with Crippen molar-refractivity contribution >= 4 is 67.3 Å². The topological polar surface area (TPSA) is 150 Å². The predicted molar refractivity (Wildman–Crippen MR) is 346 cm³/mol. The Labute approximate surface area is 509 Å². The van der Waals surface area contributed by atoms with E-state index >= 15 is 0 Å². The Kier molecular flexibility index (Phi) is 19.7. The Hall–Kier alpha value is -6.46. The fourth-order valence-corrected chi connectivity index (χ4v) is 13.3. The second-order valence-electron chi connectivity index (χ2n) is 29.3. The van der Waals surface area contributed by atoms with E-state index in [0.29, 0.717) is 125 Å². The molecule has 6 unspecified atom stereocenters. The first-order valence-electron chi connectivity index (χ1n) is 30.4. The Morgan fingerprint density at radius 1 is 0.512 bits per heavy atom. The van der Waals surface area contributed by atoms with Crippen LogP contribution in [-0.4, -0.2) is 33.1 Å². The number of ether oxygens (including phenoxy) is 2. The molecule has 0 bridgehead atoms. The van der Waals surface area contributed by atoms with Crippen LogP contribution in [0.1, 0.15) is 174 Å². The molecule has 2 N–H and O–H groups in total. The molecule has 4 aromatic heterocycles. The van der Waals surface area contributed by atoms with Gasteiger partial charge in [-0.25, -0.2) is 9.97 Å². The van der Waals surface area contributed by atoms with Gasteiger partial charge in [-0.05, 0) is 156 Å². The average Bonchev–Trinajstić information content (AvgIpc) is 1.64. The van der Waals surface area contributed by atoms with Gasteiger partial charge in [0, 0.05) is 31.9 Å². The maximum Gasteiger partial charge on any atom is 0.240 e. The van der Waals surface area contributed by atoms with Gasteiger partial charge in [0.15, 0.2) is 11.2 Å². The van der Waals surface area contributed by atoms with Gasteiger partial charge in [-0.1, -0.05) is 171 Å². The minimum atomic E-state index is 0.104. The fraction of sp³-hybridized carbons (Fsp3) is 0.500. The molecule has 12 heteroatoms. The van der Waals surface area contributed by atoms with E-state index < -0.39 is 0 Å². The highest BCUT2D eigenvalue weighted by atomic mass is 35.5. The summed E-state index contributed by atoms with van der Waals surface area (Å²) in [6, 6.07) is 31.4. The van der Waals surface area contributed by atoms with Crippen LogP contribution in [0.4, 0.5) is 0 Å². The number of halogens is 2. The van der Waals surface area contributed by atoms with Crippen LogP contribution in [0, 0.1) is 79.8 Å². The highest BCUT2D eigenvalue weighted by Crippen LogP contribution is 2.39. The fourth-order valence-electron chi connectivity index (χ4n) is 13.0. The first-order valence-corrected chi connectivity index (χ1v) is 31.1. The molecule has 4 aromatic carbocycles. The number of nitriles is 2. The lowest BCUT2D eigenvalue weighted by Crippen LogP contribution is -2.25. The number of H-pyrrole nitrogens is 2. The van der Waals surface area contributed by atoms with Gasteiger partial charge in [0.25, 0.3) is 0 Å². The number of hydrogen-bond acceptors (Lipinski definition) is 8. The van der Waals surface area contributed by atoms with Gasteiger partial charge in [0.2, 0.25) is 11.8 Å². The molecule has 446 valence electrons. The van der Waals surface area contributed by atoms with Crippen molar-refractivity contribution in [1.29, 1.82) is 10.5 Å². The molecule has 8 aromatic rings. The predicted octanol–water partition coefficient (Wildman–Crippen LogP) is 19.7. The third-order valence-corrected chi connectivity index (χ3v) is 16.7. The molecule has 0 aliphatic rings. The van der Waals surface area contributed by atoms with Gasteiger partial charge in [-0.15, -0.1) is 0 Å². The second-order valence-corrected chi connectivity index (χ2v) is 30.2. The summed E-state index contributed by atoms with van der Waals surface area (Å²) in [6.45, 7) is 38.5. The van der Waals surface area contributed by atoms with Gasteiger partial charge in [-0.2, -0.15) is 10.5 Å². The van der Waals surface area contributed by atoms with Crippen molar-refractivity contribution in [3.8, 4) is 46.2 Å². The van der Waals surface area contributed by atoms with Gasteiger partial charge in [0.1, 0.15) is 45.8 Å². The van der Waals surface area contributed by atoms with Crippen LogP contribution in [0.15, 0.2) is 93.8 Å². The third kappa shape index (κ3) is 16.5. The third-order valence-electron chi connectivity index (χ3n) is 16.2. The molecule has 0 aliphatic heterocycles. The molecule has 0 saturated carbocycles. The van der Waals surface area contributed by atoms with E-state index in [1.54, 1.807) is 36.4 Å². The van der Waals surface area contributed by atoms with E-state index in [9.17, 15) is 10.5 Å². The molecule has 4 heterocycles. The maximum atomic E-state index is 11.4. The zero-order valence-electron chi connectivity index (χ0n) is 52.8. The van der Waals surface area contributed by atoms with Gasteiger partial charge < -0.3 is 28.3 Å². The van der Waals surface area contributed by atoms with Crippen molar-refractivity contribution in [2.24, 2.45) is 57.2 Å². The number of nitrogens with zero attached hydrogens (tertiary/aromatic N) is 4. The lowest BCUT2D eigenvalue weighted by atomic mass is 9.76. The van der Waals surface area contributed by atoms with Crippen molar-refractivity contribution in [3.63, 3.8) is 0 Å². The van der Waals surface area contributed by atoms with Crippen molar-refractivity contribution in [1.82, 2.24) is 19.9 Å². The largest absolute Gasteiger partial charge is 0.493 e. The standard InChI is InChI=1S/C72H90Cl2N6O4/c1-43(35-69(5,6)7)23-25-49(45(3)37-71(11,12)13)41-81-53-21-17-19-47(31-53)63-61-62(66(79-63)56(40-76)68-78-58-34-52(74)28-30-60(58)84-68)64(80-65(61)55(39-75)67-77-57-33-51(73)27-29-59(57)83-67)48-20-18-22-54(32-48)82-42-50(46(4)38-72(14,15)16)26-24-44(2)36-70(8,9)10/h17-22,27-34,43-46,49-50,79-80H,23-26,35-38,41-42H2,1-16H3/b65-55-,66-56-. The molecule has 0 radical (unpaired) electrons. The molecule has 8 rings (SSSR count). The van der Waals surface area contributed by atoms with Crippen molar-refractivity contribution in [3.05, 3.63) is 117 Å². The van der Waals surface area contributed by atoms with E-state index in [-0.39, 0.29) is 44.6 Å². The van der Waals surface area contributed by atoms with Crippen molar-refractivity contribution in [2.75, 3.05) is 13.2 Å². The molecule has 6 atom stereocenters. The molecular weight excluding hydrogens is 1080 g/mol. The summed E-state index contributed by atoms with van der Waals surface area (Å²) in [5.41, 5.74) is 5.88. The summed E-state index contributed by atoms with van der Waals surface area (Å²) >= 11 is 13.0. The lowest BCUT2D eigenvalue weighted by molar-refractivity contribution is 0.147. The van der Waals surface area contributed by atoms with Crippen molar-refractivity contribution < 1.29 is 18.3 Å². The average molecular weight is 1170 g/mol. The number of aromatic nitrogens is 4. The van der Waals surface area contributed by atoms with Gasteiger partial charge in [-0.3, -0.25) is 0 Å². The molecule has 0 amide bonds. The zero-order chi connectivity index (χ0) is 61.1. The van der Waals surface area contributed by atoms with Crippen LogP contribution in [0.2, 0.25) is 10.0 Å². The monoisotopic (exact) mass is 1170 g/mol.